The molecule has 18 heavy (non-hydrogen) atoms. The first-order valence-electron chi connectivity index (χ1n) is 5.96. The summed E-state index contributed by atoms with van der Waals surface area (Å²) in [5, 5.41) is 5.69. The highest BCUT2D eigenvalue weighted by molar-refractivity contribution is 7.09. The van der Waals surface area contributed by atoms with E-state index in [4.69, 9.17) is 10.5 Å². The highest BCUT2D eigenvalue weighted by atomic mass is 32.1. The van der Waals surface area contributed by atoms with Crippen LogP contribution in [0.15, 0.2) is 5.38 Å². The van der Waals surface area contributed by atoms with E-state index < -0.39 is 0 Å². The second kappa shape index (κ2) is 6.82. The minimum atomic E-state index is -0.194. The van der Waals surface area contributed by atoms with Crippen molar-refractivity contribution >= 4 is 17.2 Å². The molecule has 0 saturated carbocycles. The molecule has 1 rings (SSSR count). The molecule has 6 heteroatoms. The molecule has 3 N–H and O–H groups in total. The third-order valence-electron chi connectivity index (χ3n) is 2.92. The van der Waals surface area contributed by atoms with Gasteiger partial charge in [-0.2, -0.15) is 0 Å². The first kappa shape index (κ1) is 15.1. The molecule has 0 aliphatic rings. The highest BCUT2D eigenvalue weighted by Gasteiger charge is 2.17. The van der Waals surface area contributed by atoms with E-state index in [9.17, 15) is 4.79 Å². The maximum Gasteiger partial charge on any atom is 0.224 e. The molecular weight excluding hydrogens is 250 g/mol. The van der Waals surface area contributed by atoms with Crippen LogP contribution in [0.5, 0.6) is 0 Å². The molecule has 1 heterocycles. The SMILES string of the molecule is COC(C)c1nc(CNC(=O)C(C)C(C)N)cs1. The second-order valence-electron chi connectivity index (χ2n) is 4.42. The first-order chi connectivity index (χ1) is 8.45. The van der Waals surface area contributed by atoms with Gasteiger partial charge in [-0.15, -0.1) is 11.3 Å². The van der Waals surface area contributed by atoms with Gasteiger partial charge in [-0.1, -0.05) is 6.92 Å². The van der Waals surface area contributed by atoms with Gasteiger partial charge < -0.3 is 15.8 Å². The van der Waals surface area contributed by atoms with Gasteiger partial charge in [0.2, 0.25) is 5.91 Å². The molecule has 1 aromatic heterocycles. The number of ether oxygens (including phenoxy) is 1. The van der Waals surface area contributed by atoms with Crippen molar-refractivity contribution in [1.29, 1.82) is 0 Å². The molecular formula is C12H21N3O2S. The van der Waals surface area contributed by atoms with Crippen LogP contribution < -0.4 is 11.1 Å². The summed E-state index contributed by atoms with van der Waals surface area (Å²) in [4.78, 5) is 16.1. The molecule has 1 aromatic rings. The molecule has 0 aliphatic carbocycles. The van der Waals surface area contributed by atoms with E-state index in [2.05, 4.69) is 10.3 Å². The minimum absolute atomic E-state index is 0.0116. The van der Waals surface area contributed by atoms with E-state index in [0.29, 0.717) is 6.54 Å². The number of aromatic nitrogens is 1. The van der Waals surface area contributed by atoms with Gasteiger partial charge in [0, 0.05) is 24.4 Å². The lowest BCUT2D eigenvalue weighted by molar-refractivity contribution is -0.125. The fourth-order valence-corrected chi connectivity index (χ4v) is 2.12. The Hall–Kier alpha value is -0.980. The Morgan fingerprint density at radius 3 is 2.78 bits per heavy atom. The van der Waals surface area contributed by atoms with Crippen LogP contribution in [0.2, 0.25) is 0 Å². The Labute approximate surface area is 112 Å². The molecule has 3 atom stereocenters. The Morgan fingerprint density at radius 1 is 1.56 bits per heavy atom. The molecule has 5 nitrogen and oxygen atoms in total. The number of nitrogens with one attached hydrogen (secondary N) is 1. The van der Waals surface area contributed by atoms with Crippen LogP contribution in [0.25, 0.3) is 0 Å². The fraction of sp³-hybridized carbons (Fsp3) is 0.667. The lowest BCUT2D eigenvalue weighted by atomic mass is 10.0. The van der Waals surface area contributed by atoms with Crippen molar-refractivity contribution in [2.24, 2.45) is 11.7 Å². The number of carbonyl (C=O) groups is 1. The Kier molecular flexibility index (Phi) is 5.71. The van der Waals surface area contributed by atoms with Crippen LogP contribution in [0.1, 0.15) is 37.6 Å². The normalized spacial score (nSPS) is 16.1. The lowest BCUT2D eigenvalue weighted by Gasteiger charge is -2.14. The molecule has 0 spiro atoms. The van der Waals surface area contributed by atoms with Crippen molar-refractivity contribution in [2.45, 2.75) is 39.5 Å². The van der Waals surface area contributed by atoms with Gasteiger partial charge in [0.05, 0.1) is 12.2 Å². The van der Waals surface area contributed by atoms with E-state index in [1.165, 1.54) is 11.3 Å². The molecule has 0 saturated heterocycles. The largest absolute Gasteiger partial charge is 0.375 e. The maximum absolute atomic E-state index is 11.7. The molecule has 0 bridgehead atoms. The van der Waals surface area contributed by atoms with Gasteiger partial charge in [-0.25, -0.2) is 4.98 Å². The van der Waals surface area contributed by atoms with E-state index in [-0.39, 0.29) is 24.0 Å². The number of carbonyl (C=O) groups excluding carboxylic acids is 1. The molecule has 3 unspecified atom stereocenters. The third-order valence-corrected chi connectivity index (χ3v) is 3.97. The van der Waals surface area contributed by atoms with Crippen LogP contribution in [-0.4, -0.2) is 24.0 Å². The number of hydrogen-bond acceptors (Lipinski definition) is 5. The number of rotatable bonds is 6. The van der Waals surface area contributed by atoms with E-state index >= 15 is 0 Å². The smallest absolute Gasteiger partial charge is 0.224 e. The molecule has 0 aliphatic heterocycles. The zero-order chi connectivity index (χ0) is 13.7. The van der Waals surface area contributed by atoms with E-state index in [1.54, 1.807) is 7.11 Å². The van der Waals surface area contributed by atoms with Crippen molar-refractivity contribution in [2.75, 3.05) is 7.11 Å². The van der Waals surface area contributed by atoms with Crippen molar-refractivity contribution in [3.63, 3.8) is 0 Å². The number of thiazole rings is 1. The molecule has 102 valence electrons. The number of hydrogen-bond donors (Lipinski definition) is 2. The van der Waals surface area contributed by atoms with Crippen molar-refractivity contribution in [1.82, 2.24) is 10.3 Å². The minimum Gasteiger partial charge on any atom is -0.375 e. The molecule has 1 amide bonds. The van der Waals surface area contributed by atoms with E-state index in [1.807, 2.05) is 26.2 Å². The van der Waals surface area contributed by atoms with Gasteiger partial charge >= 0.3 is 0 Å². The summed E-state index contributed by atoms with van der Waals surface area (Å²) in [6.45, 7) is 6.02. The summed E-state index contributed by atoms with van der Waals surface area (Å²) in [5.41, 5.74) is 6.53. The fourth-order valence-electron chi connectivity index (χ4n) is 1.27. The summed E-state index contributed by atoms with van der Waals surface area (Å²) in [6, 6.07) is -0.149. The Balaban J connectivity index is 2.49. The van der Waals surface area contributed by atoms with Crippen molar-refractivity contribution in [3.05, 3.63) is 16.1 Å². The lowest BCUT2D eigenvalue weighted by Crippen LogP contribution is -2.38. The standard InChI is InChI=1S/C12H21N3O2S/c1-7(8(2)13)11(16)14-5-10-6-18-12(15-10)9(3)17-4/h6-9H,5,13H2,1-4H3,(H,14,16). The number of nitrogens with two attached hydrogens (primary N) is 1. The van der Waals surface area contributed by atoms with Crippen LogP contribution in [-0.2, 0) is 16.1 Å². The zero-order valence-corrected chi connectivity index (χ0v) is 12.1. The predicted molar refractivity (Wildman–Crippen MR) is 72.2 cm³/mol. The van der Waals surface area contributed by atoms with E-state index in [0.717, 1.165) is 10.7 Å². The average molecular weight is 271 g/mol. The predicted octanol–water partition coefficient (Wildman–Crippen LogP) is 1.45. The Bertz CT molecular complexity index is 392. The summed E-state index contributed by atoms with van der Waals surface area (Å²) < 4.78 is 5.19. The highest BCUT2D eigenvalue weighted by Crippen LogP contribution is 2.20. The monoisotopic (exact) mass is 271 g/mol. The van der Waals surface area contributed by atoms with Gasteiger partial charge in [0.1, 0.15) is 11.1 Å². The quantitative estimate of drug-likeness (QED) is 0.821. The third kappa shape index (κ3) is 4.04. The maximum atomic E-state index is 11.7. The Morgan fingerprint density at radius 2 is 2.22 bits per heavy atom. The summed E-state index contributed by atoms with van der Waals surface area (Å²) in [5.74, 6) is -0.236. The summed E-state index contributed by atoms with van der Waals surface area (Å²) in [7, 11) is 1.65. The summed E-state index contributed by atoms with van der Waals surface area (Å²) in [6.07, 6.45) is -0.0116. The topological polar surface area (TPSA) is 77.2 Å². The number of methoxy groups -OCH3 is 1. The summed E-state index contributed by atoms with van der Waals surface area (Å²) >= 11 is 1.54. The molecule has 0 radical (unpaired) electrons. The van der Waals surface area contributed by atoms with Crippen molar-refractivity contribution < 1.29 is 9.53 Å². The van der Waals surface area contributed by atoms with Gasteiger partial charge in [-0.05, 0) is 13.8 Å². The molecule has 0 fully saturated rings. The number of amides is 1. The van der Waals surface area contributed by atoms with Crippen LogP contribution in [0, 0.1) is 5.92 Å². The van der Waals surface area contributed by atoms with Crippen LogP contribution in [0.4, 0.5) is 0 Å². The molecule has 0 aromatic carbocycles. The van der Waals surface area contributed by atoms with Gasteiger partial charge in [0.25, 0.3) is 0 Å². The second-order valence-corrected chi connectivity index (χ2v) is 5.31. The van der Waals surface area contributed by atoms with Crippen LogP contribution in [0.3, 0.4) is 0 Å². The average Bonchev–Trinajstić information content (AvgIpc) is 2.82. The van der Waals surface area contributed by atoms with Crippen LogP contribution >= 0.6 is 11.3 Å². The first-order valence-corrected chi connectivity index (χ1v) is 6.84. The zero-order valence-electron chi connectivity index (χ0n) is 11.3. The van der Waals surface area contributed by atoms with Gasteiger partial charge in [0.15, 0.2) is 0 Å². The van der Waals surface area contributed by atoms with Gasteiger partial charge in [-0.3, -0.25) is 4.79 Å². The van der Waals surface area contributed by atoms with Crippen molar-refractivity contribution in [3.8, 4) is 0 Å². The number of nitrogens with zero attached hydrogens (tertiary/aromatic N) is 1.